The first kappa shape index (κ1) is 15.3. The summed E-state index contributed by atoms with van der Waals surface area (Å²) in [5.41, 5.74) is 0.418. The number of alkyl halides is 5. The van der Waals surface area contributed by atoms with Crippen LogP contribution in [0.5, 0.6) is 0 Å². The molecule has 2 unspecified atom stereocenters. The summed E-state index contributed by atoms with van der Waals surface area (Å²) >= 11 is 0. The van der Waals surface area contributed by atoms with Gasteiger partial charge in [0.25, 0.3) is 0 Å². The van der Waals surface area contributed by atoms with Crippen molar-refractivity contribution in [3.8, 4) is 0 Å². The lowest BCUT2D eigenvalue weighted by atomic mass is 10.0. The van der Waals surface area contributed by atoms with Crippen molar-refractivity contribution >= 4 is 0 Å². The Bertz CT molecular complexity index is 478. The average molecular weight is 296 g/mol. The van der Waals surface area contributed by atoms with Gasteiger partial charge in [-0.1, -0.05) is 0 Å². The molecule has 0 saturated heterocycles. The van der Waals surface area contributed by atoms with E-state index in [1.807, 2.05) is 0 Å². The molecule has 2 atom stereocenters. The van der Waals surface area contributed by atoms with Gasteiger partial charge < -0.3 is 0 Å². The third kappa shape index (κ3) is 3.30. The SMILES string of the molecule is Cc1cn(CC2CCC(F)(F)C2)nc1C(C)C(F)(F)F. The molecule has 0 aliphatic heterocycles. The fourth-order valence-electron chi connectivity index (χ4n) is 2.67. The Balaban J connectivity index is 2.08. The van der Waals surface area contributed by atoms with Gasteiger partial charge in [0.2, 0.25) is 5.92 Å². The predicted molar refractivity (Wildman–Crippen MR) is 63.7 cm³/mol. The van der Waals surface area contributed by atoms with Crippen molar-refractivity contribution in [1.82, 2.24) is 9.78 Å². The average Bonchev–Trinajstić information content (AvgIpc) is 2.80. The van der Waals surface area contributed by atoms with Crippen LogP contribution >= 0.6 is 0 Å². The van der Waals surface area contributed by atoms with Gasteiger partial charge in [0, 0.05) is 25.6 Å². The Morgan fingerprint density at radius 2 is 2.10 bits per heavy atom. The fourth-order valence-corrected chi connectivity index (χ4v) is 2.67. The second-order valence-electron chi connectivity index (χ2n) is 5.65. The molecule has 1 aliphatic carbocycles. The number of halogens is 5. The topological polar surface area (TPSA) is 17.8 Å². The molecular weight excluding hydrogens is 279 g/mol. The van der Waals surface area contributed by atoms with Crippen molar-refractivity contribution in [2.45, 2.75) is 57.7 Å². The van der Waals surface area contributed by atoms with E-state index in [9.17, 15) is 22.0 Å². The van der Waals surface area contributed by atoms with E-state index in [1.54, 1.807) is 6.92 Å². The minimum Gasteiger partial charge on any atom is -0.272 e. The molecule has 0 bridgehead atoms. The molecule has 1 aromatic rings. The summed E-state index contributed by atoms with van der Waals surface area (Å²) in [6, 6.07) is 0. The zero-order valence-corrected chi connectivity index (χ0v) is 11.3. The maximum absolute atomic E-state index is 13.1. The van der Waals surface area contributed by atoms with Crippen molar-refractivity contribution in [2.75, 3.05) is 0 Å². The number of aryl methyl sites for hydroxylation is 1. The van der Waals surface area contributed by atoms with Gasteiger partial charge in [0.1, 0.15) is 0 Å². The molecule has 1 heterocycles. The van der Waals surface area contributed by atoms with Crippen molar-refractivity contribution in [3.63, 3.8) is 0 Å². The van der Waals surface area contributed by atoms with E-state index in [2.05, 4.69) is 5.10 Å². The van der Waals surface area contributed by atoms with Crippen LogP contribution in [0.4, 0.5) is 22.0 Å². The van der Waals surface area contributed by atoms with Crippen molar-refractivity contribution < 1.29 is 22.0 Å². The van der Waals surface area contributed by atoms with Gasteiger partial charge in [-0.2, -0.15) is 18.3 Å². The lowest BCUT2D eigenvalue weighted by Gasteiger charge is -2.14. The number of hydrogen-bond acceptors (Lipinski definition) is 1. The molecule has 0 amide bonds. The third-order valence-electron chi connectivity index (χ3n) is 3.83. The Hall–Kier alpha value is -1.14. The Morgan fingerprint density at radius 1 is 1.45 bits per heavy atom. The minimum absolute atomic E-state index is 0.0257. The van der Waals surface area contributed by atoms with E-state index in [0.29, 0.717) is 12.0 Å². The first-order chi connectivity index (χ1) is 9.08. The van der Waals surface area contributed by atoms with Crippen LogP contribution in [0.2, 0.25) is 0 Å². The summed E-state index contributed by atoms with van der Waals surface area (Å²) in [5.74, 6) is -4.51. The Labute approximate surface area is 114 Å². The normalized spacial score (nSPS) is 24.1. The number of rotatable bonds is 3. The van der Waals surface area contributed by atoms with Crippen molar-refractivity contribution in [2.24, 2.45) is 5.92 Å². The monoisotopic (exact) mass is 296 g/mol. The van der Waals surface area contributed by atoms with Gasteiger partial charge in [-0.3, -0.25) is 4.68 Å². The van der Waals surface area contributed by atoms with E-state index < -0.39 is 18.0 Å². The first-order valence-electron chi connectivity index (χ1n) is 6.57. The van der Waals surface area contributed by atoms with E-state index in [1.165, 1.54) is 10.9 Å². The summed E-state index contributed by atoms with van der Waals surface area (Å²) in [7, 11) is 0. The second-order valence-corrected chi connectivity index (χ2v) is 5.65. The summed E-state index contributed by atoms with van der Waals surface area (Å²) in [6.07, 6.45) is -2.81. The highest BCUT2D eigenvalue weighted by molar-refractivity contribution is 5.20. The minimum atomic E-state index is -4.34. The van der Waals surface area contributed by atoms with Crippen LogP contribution < -0.4 is 0 Å². The molecular formula is C13H17F5N2. The first-order valence-corrected chi connectivity index (χ1v) is 6.57. The Morgan fingerprint density at radius 3 is 2.60 bits per heavy atom. The lowest BCUT2D eigenvalue weighted by Crippen LogP contribution is -2.19. The quantitative estimate of drug-likeness (QED) is 0.761. The summed E-state index contributed by atoms with van der Waals surface area (Å²) in [4.78, 5) is 0. The van der Waals surface area contributed by atoms with Crippen LogP contribution in [-0.4, -0.2) is 21.9 Å². The zero-order valence-electron chi connectivity index (χ0n) is 11.3. The number of hydrogen-bond donors (Lipinski definition) is 0. The van der Waals surface area contributed by atoms with Crippen LogP contribution in [0.25, 0.3) is 0 Å². The molecule has 20 heavy (non-hydrogen) atoms. The number of aromatic nitrogens is 2. The fraction of sp³-hybridized carbons (Fsp3) is 0.769. The molecule has 2 rings (SSSR count). The molecule has 2 nitrogen and oxygen atoms in total. The highest BCUT2D eigenvalue weighted by Gasteiger charge is 2.41. The van der Waals surface area contributed by atoms with E-state index in [-0.39, 0.29) is 31.0 Å². The van der Waals surface area contributed by atoms with E-state index >= 15 is 0 Å². The summed E-state index contributed by atoms with van der Waals surface area (Å²) < 4.78 is 65.6. The Kier molecular flexibility index (Phi) is 3.81. The smallest absolute Gasteiger partial charge is 0.272 e. The van der Waals surface area contributed by atoms with Gasteiger partial charge in [0.15, 0.2) is 0 Å². The van der Waals surface area contributed by atoms with Gasteiger partial charge in [-0.05, 0) is 31.7 Å². The molecule has 0 radical (unpaired) electrons. The van der Waals surface area contributed by atoms with Crippen molar-refractivity contribution in [3.05, 3.63) is 17.5 Å². The predicted octanol–water partition coefficient (Wildman–Crippen LogP) is 4.29. The van der Waals surface area contributed by atoms with Gasteiger partial charge in [0.05, 0.1) is 11.6 Å². The second kappa shape index (κ2) is 5.00. The van der Waals surface area contributed by atoms with Crippen LogP contribution in [-0.2, 0) is 6.54 Å². The highest BCUT2D eigenvalue weighted by atomic mass is 19.4. The number of nitrogens with zero attached hydrogens (tertiary/aromatic N) is 2. The van der Waals surface area contributed by atoms with Crippen LogP contribution in [0.3, 0.4) is 0 Å². The van der Waals surface area contributed by atoms with Gasteiger partial charge in [-0.15, -0.1) is 0 Å². The molecule has 7 heteroatoms. The van der Waals surface area contributed by atoms with E-state index in [4.69, 9.17) is 0 Å². The molecule has 1 fully saturated rings. The molecule has 0 aromatic carbocycles. The molecule has 1 saturated carbocycles. The third-order valence-corrected chi connectivity index (χ3v) is 3.83. The molecule has 0 N–H and O–H groups in total. The highest BCUT2D eigenvalue weighted by Crippen LogP contribution is 2.40. The molecule has 0 spiro atoms. The molecule has 1 aromatic heterocycles. The van der Waals surface area contributed by atoms with Crippen LogP contribution in [0.15, 0.2) is 6.20 Å². The van der Waals surface area contributed by atoms with Gasteiger partial charge >= 0.3 is 6.18 Å². The maximum atomic E-state index is 13.1. The summed E-state index contributed by atoms with van der Waals surface area (Å²) in [6.45, 7) is 2.87. The maximum Gasteiger partial charge on any atom is 0.397 e. The molecule has 1 aliphatic rings. The standard InChI is InChI=1S/C13H17F5N2/c1-8-6-20(7-10-3-4-12(14,15)5-10)19-11(8)9(2)13(16,17)18/h6,9-10H,3-5,7H2,1-2H3. The lowest BCUT2D eigenvalue weighted by molar-refractivity contribution is -0.147. The van der Waals surface area contributed by atoms with Crippen molar-refractivity contribution in [1.29, 1.82) is 0 Å². The van der Waals surface area contributed by atoms with Gasteiger partial charge in [-0.25, -0.2) is 8.78 Å². The molecule has 114 valence electrons. The van der Waals surface area contributed by atoms with E-state index in [0.717, 1.165) is 6.92 Å². The zero-order chi connectivity index (χ0) is 15.1. The van der Waals surface area contributed by atoms with Crippen LogP contribution in [0, 0.1) is 12.8 Å². The van der Waals surface area contributed by atoms with Crippen LogP contribution in [0.1, 0.15) is 43.4 Å². The summed E-state index contributed by atoms with van der Waals surface area (Å²) in [5, 5.41) is 3.94. The largest absolute Gasteiger partial charge is 0.397 e.